The van der Waals surface area contributed by atoms with Gasteiger partial charge in [-0.15, -0.1) is 0 Å². The first kappa shape index (κ1) is 14.6. The van der Waals surface area contributed by atoms with Gasteiger partial charge >= 0.3 is 0 Å². The number of rotatable bonds is 5. The number of piperidine rings is 1. The highest BCUT2D eigenvalue weighted by molar-refractivity contribution is 5.09. The van der Waals surface area contributed by atoms with E-state index in [1.54, 1.807) is 0 Å². The van der Waals surface area contributed by atoms with E-state index in [1.165, 1.54) is 32.5 Å². The molecule has 0 bridgehead atoms. The van der Waals surface area contributed by atoms with Gasteiger partial charge in [-0.2, -0.15) is 0 Å². The molecule has 1 aromatic heterocycles. The lowest BCUT2D eigenvalue weighted by atomic mass is 9.90. The highest BCUT2D eigenvalue weighted by atomic mass is 16.3. The number of hydrogen-bond acceptors (Lipinski definition) is 3. The number of hydrogen-bond donors (Lipinski definition) is 1. The maximum absolute atomic E-state index is 5.70. The number of nitrogens with zero attached hydrogens (tertiary/aromatic N) is 1. The Labute approximate surface area is 117 Å². The molecule has 0 amide bonds. The molecule has 3 heteroatoms. The number of nitrogens with one attached hydrogen (secondary N) is 1. The van der Waals surface area contributed by atoms with Gasteiger partial charge in [0.1, 0.15) is 11.5 Å². The third kappa shape index (κ3) is 3.83. The van der Waals surface area contributed by atoms with E-state index in [1.807, 2.05) is 13.0 Å². The molecule has 2 unspecified atom stereocenters. The van der Waals surface area contributed by atoms with Gasteiger partial charge < -0.3 is 14.6 Å². The molecule has 1 aliphatic heterocycles. The quantitative estimate of drug-likeness (QED) is 0.884. The van der Waals surface area contributed by atoms with Crippen LogP contribution in [0.4, 0.5) is 0 Å². The van der Waals surface area contributed by atoms with Gasteiger partial charge in [0.15, 0.2) is 0 Å². The Morgan fingerprint density at radius 2 is 2.00 bits per heavy atom. The molecular formula is C16H28N2O. The van der Waals surface area contributed by atoms with E-state index in [2.05, 4.69) is 37.1 Å². The van der Waals surface area contributed by atoms with Gasteiger partial charge in [0.2, 0.25) is 0 Å². The van der Waals surface area contributed by atoms with Crippen molar-refractivity contribution in [3.63, 3.8) is 0 Å². The average Bonchev–Trinajstić information content (AvgIpc) is 2.85. The summed E-state index contributed by atoms with van der Waals surface area (Å²) in [6.45, 7) is 12.5. The van der Waals surface area contributed by atoms with Crippen LogP contribution >= 0.6 is 0 Å². The molecule has 1 fully saturated rings. The minimum Gasteiger partial charge on any atom is -0.465 e. The fourth-order valence-corrected chi connectivity index (χ4v) is 3.07. The molecule has 0 radical (unpaired) electrons. The fraction of sp³-hybridized carbons (Fsp3) is 0.750. The van der Waals surface area contributed by atoms with E-state index in [4.69, 9.17) is 4.42 Å². The highest BCUT2D eigenvalue weighted by Gasteiger charge is 2.24. The highest BCUT2D eigenvalue weighted by Crippen LogP contribution is 2.23. The van der Waals surface area contributed by atoms with Crippen LogP contribution in [0.5, 0.6) is 0 Å². The monoisotopic (exact) mass is 264 g/mol. The van der Waals surface area contributed by atoms with Crippen LogP contribution in [-0.2, 0) is 0 Å². The summed E-state index contributed by atoms with van der Waals surface area (Å²) in [4.78, 5) is 2.54. The molecule has 108 valence electrons. The first-order valence-electron chi connectivity index (χ1n) is 7.65. The SMILES string of the molecule is CCN1CCC(C(C)NC(C)c2ccc(C)o2)CC1. The summed E-state index contributed by atoms with van der Waals surface area (Å²) in [5.41, 5.74) is 0. The lowest BCUT2D eigenvalue weighted by Gasteiger charge is -2.35. The molecule has 1 aliphatic rings. The molecule has 1 saturated heterocycles. The van der Waals surface area contributed by atoms with Crippen LogP contribution in [0.1, 0.15) is 51.2 Å². The predicted molar refractivity (Wildman–Crippen MR) is 79.3 cm³/mol. The van der Waals surface area contributed by atoms with Crippen molar-refractivity contribution < 1.29 is 4.42 Å². The van der Waals surface area contributed by atoms with Crippen molar-refractivity contribution in [2.75, 3.05) is 19.6 Å². The largest absolute Gasteiger partial charge is 0.465 e. The summed E-state index contributed by atoms with van der Waals surface area (Å²) in [6.07, 6.45) is 2.62. The van der Waals surface area contributed by atoms with Gasteiger partial charge in [-0.05, 0) is 71.3 Å². The van der Waals surface area contributed by atoms with E-state index in [-0.39, 0.29) is 0 Å². The van der Waals surface area contributed by atoms with Crippen molar-refractivity contribution in [3.8, 4) is 0 Å². The molecule has 2 rings (SSSR count). The second-order valence-corrected chi connectivity index (χ2v) is 5.90. The van der Waals surface area contributed by atoms with Crippen molar-refractivity contribution in [2.24, 2.45) is 5.92 Å². The fourth-order valence-electron chi connectivity index (χ4n) is 3.07. The number of furan rings is 1. The Balaban J connectivity index is 1.82. The van der Waals surface area contributed by atoms with Gasteiger partial charge in [0.05, 0.1) is 6.04 Å². The summed E-state index contributed by atoms with van der Waals surface area (Å²) in [5.74, 6) is 2.84. The van der Waals surface area contributed by atoms with Gasteiger partial charge in [-0.3, -0.25) is 0 Å². The van der Waals surface area contributed by atoms with Crippen molar-refractivity contribution in [2.45, 2.75) is 52.6 Å². The zero-order valence-electron chi connectivity index (χ0n) is 12.8. The molecule has 19 heavy (non-hydrogen) atoms. The topological polar surface area (TPSA) is 28.4 Å². The molecule has 0 saturated carbocycles. The predicted octanol–water partition coefficient (Wildman–Crippen LogP) is 3.36. The van der Waals surface area contributed by atoms with Gasteiger partial charge in [0.25, 0.3) is 0 Å². The van der Waals surface area contributed by atoms with Crippen molar-refractivity contribution >= 4 is 0 Å². The first-order chi connectivity index (χ1) is 9.10. The third-order valence-corrected chi connectivity index (χ3v) is 4.49. The summed E-state index contributed by atoms with van der Waals surface area (Å²) >= 11 is 0. The Morgan fingerprint density at radius 1 is 1.32 bits per heavy atom. The van der Waals surface area contributed by atoms with Gasteiger partial charge in [0, 0.05) is 6.04 Å². The average molecular weight is 264 g/mol. The Morgan fingerprint density at radius 3 is 2.53 bits per heavy atom. The lowest BCUT2D eigenvalue weighted by molar-refractivity contribution is 0.163. The molecule has 0 spiro atoms. The molecule has 0 aliphatic carbocycles. The van der Waals surface area contributed by atoms with E-state index < -0.39 is 0 Å². The number of likely N-dealkylation sites (tertiary alicyclic amines) is 1. The molecule has 1 aromatic rings. The van der Waals surface area contributed by atoms with Crippen LogP contribution in [-0.4, -0.2) is 30.6 Å². The standard InChI is InChI=1S/C16H28N2O/c1-5-18-10-8-15(9-11-18)13(3)17-14(4)16-7-6-12(2)19-16/h6-7,13-15,17H,5,8-11H2,1-4H3. The lowest BCUT2D eigenvalue weighted by Crippen LogP contribution is -2.42. The van der Waals surface area contributed by atoms with Crippen molar-refractivity contribution in [1.29, 1.82) is 0 Å². The molecule has 1 N–H and O–H groups in total. The summed E-state index contributed by atoms with van der Waals surface area (Å²) < 4.78 is 5.70. The summed E-state index contributed by atoms with van der Waals surface area (Å²) in [5, 5.41) is 3.70. The van der Waals surface area contributed by atoms with Gasteiger partial charge in [-0.25, -0.2) is 0 Å². The molecule has 0 aromatic carbocycles. The van der Waals surface area contributed by atoms with Crippen LogP contribution in [0.2, 0.25) is 0 Å². The molecule has 3 nitrogen and oxygen atoms in total. The van der Waals surface area contributed by atoms with Crippen LogP contribution in [0, 0.1) is 12.8 Å². The second kappa shape index (κ2) is 6.58. The Hall–Kier alpha value is -0.800. The summed E-state index contributed by atoms with van der Waals surface area (Å²) in [7, 11) is 0. The first-order valence-corrected chi connectivity index (χ1v) is 7.65. The second-order valence-electron chi connectivity index (χ2n) is 5.90. The molecule has 2 heterocycles. The number of aryl methyl sites for hydroxylation is 1. The van der Waals surface area contributed by atoms with Crippen molar-refractivity contribution in [3.05, 3.63) is 23.7 Å². The van der Waals surface area contributed by atoms with E-state index in [0.29, 0.717) is 12.1 Å². The van der Waals surface area contributed by atoms with Crippen LogP contribution in [0.25, 0.3) is 0 Å². The van der Waals surface area contributed by atoms with E-state index >= 15 is 0 Å². The summed E-state index contributed by atoms with van der Waals surface area (Å²) in [6, 6.07) is 4.98. The minimum atomic E-state index is 0.299. The van der Waals surface area contributed by atoms with Gasteiger partial charge in [-0.1, -0.05) is 6.92 Å². The normalized spacial score (nSPS) is 21.5. The molecular weight excluding hydrogens is 236 g/mol. The van der Waals surface area contributed by atoms with Crippen LogP contribution in [0.15, 0.2) is 16.5 Å². The zero-order valence-corrected chi connectivity index (χ0v) is 12.8. The van der Waals surface area contributed by atoms with E-state index in [9.17, 15) is 0 Å². The van der Waals surface area contributed by atoms with Crippen LogP contribution < -0.4 is 5.32 Å². The molecule has 2 atom stereocenters. The Kier molecular flexibility index (Phi) is 5.06. The maximum Gasteiger partial charge on any atom is 0.120 e. The Bertz CT molecular complexity index is 380. The van der Waals surface area contributed by atoms with Crippen molar-refractivity contribution in [1.82, 2.24) is 10.2 Å². The third-order valence-electron chi connectivity index (χ3n) is 4.49. The van der Waals surface area contributed by atoms with E-state index in [0.717, 1.165) is 17.4 Å². The smallest absolute Gasteiger partial charge is 0.120 e. The zero-order chi connectivity index (χ0) is 13.8. The minimum absolute atomic E-state index is 0.299. The van der Waals surface area contributed by atoms with Crippen LogP contribution in [0.3, 0.4) is 0 Å². The maximum atomic E-state index is 5.70.